The number of hydrogen-bond donors (Lipinski definition) is 0. The molecule has 9 heteroatoms. The van der Waals surface area contributed by atoms with Crippen LogP contribution in [0.4, 0.5) is 26.3 Å². The second-order valence-electron chi connectivity index (χ2n) is 2.62. The molecule has 90 valence electrons. The van der Waals surface area contributed by atoms with Crippen molar-refractivity contribution in [2.24, 2.45) is 0 Å². The summed E-state index contributed by atoms with van der Waals surface area (Å²) in [5.41, 5.74) is 0. The van der Waals surface area contributed by atoms with E-state index in [2.05, 4.69) is 14.7 Å². The molecule has 1 rings (SSSR count). The standard InChI is InChI=1S/C7H4F6N2O/c8-6(9,10)3-16-4-1-2-14-5(15-4)7(11,12)13/h1-2H,3H2. The van der Waals surface area contributed by atoms with Crippen molar-refractivity contribution in [3.05, 3.63) is 18.1 Å². The Morgan fingerprint density at radius 2 is 1.75 bits per heavy atom. The number of rotatable bonds is 2. The van der Waals surface area contributed by atoms with Gasteiger partial charge < -0.3 is 4.74 Å². The lowest BCUT2D eigenvalue weighted by molar-refractivity contribution is -0.155. The Labute approximate surface area is 85.1 Å². The van der Waals surface area contributed by atoms with E-state index < -0.39 is 30.7 Å². The fourth-order valence-electron chi connectivity index (χ4n) is 0.715. The maximum absolute atomic E-state index is 12.0. The number of hydrogen-bond acceptors (Lipinski definition) is 3. The van der Waals surface area contributed by atoms with Gasteiger partial charge in [0, 0.05) is 12.3 Å². The van der Waals surface area contributed by atoms with Crippen molar-refractivity contribution in [2.45, 2.75) is 12.4 Å². The second kappa shape index (κ2) is 4.14. The minimum Gasteiger partial charge on any atom is -0.468 e. The normalized spacial score (nSPS) is 12.6. The van der Waals surface area contributed by atoms with Gasteiger partial charge in [-0.15, -0.1) is 0 Å². The van der Waals surface area contributed by atoms with Crippen LogP contribution in [-0.4, -0.2) is 22.8 Å². The maximum atomic E-state index is 12.0. The van der Waals surface area contributed by atoms with Gasteiger partial charge in [-0.05, 0) is 0 Å². The Bertz CT molecular complexity index is 361. The maximum Gasteiger partial charge on any atom is 0.451 e. The minimum atomic E-state index is -4.82. The summed E-state index contributed by atoms with van der Waals surface area (Å²) in [6.07, 6.45) is -8.79. The van der Waals surface area contributed by atoms with Crippen molar-refractivity contribution in [3.8, 4) is 5.88 Å². The van der Waals surface area contributed by atoms with E-state index in [-0.39, 0.29) is 0 Å². The number of halogens is 6. The lowest BCUT2D eigenvalue weighted by atomic mass is 10.5. The Hall–Kier alpha value is -1.54. The van der Waals surface area contributed by atoms with Crippen LogP contribution in [0.1, 0.15) is 5.82 Å². The molecule has 0 bridgehead atoms. The van der Waals surface area contributed by atoms with E-state index in [9.17, 15) is 26.3 Å². The zero-order chi connectivity index (χ0) is 12.4. The molecule has 1 aromatic rings. The molecule has 0 unspecified atom stereocenters. The lowest BCUT2D eigenvalue weighted by Gasteiger charge is -2.09. The fraction of sp³-hybridized carbons (Fsp3) is 0.429. The van der Waals surface area contributed by atoms with Gasteiger partial charge in [-0.25, -0.2) is 4.98 Å². The summed E-state index contributed by atoms with van der Waals surface area (Å²) in [5, 5.41) is 0. The molecule has 1 heterocycles. The van der Waals surface area contributed by atoms with Crippen LogP contribution >= 0.6 is 0 Å². The molecule has 0 N–H and O–H groups in total. The van der Waals surface area contributed by atoms with Crippen LogP contribution in [-0.2, 0) is 6.18 Å². The van der Waals surface area contributed by atoms with Crippen LogP contribution < -0.4 is 4.74 Å². The van der Waals surface area contributed by atoms with Gasteiger partial charge in [-0.2, -0.15) is 31.3 Å². The highest BCUT2D eigenvalue weighted by Crippen LogP contribution is 2.27. The molecule has 0 radical (unpaired) electrons. The van der Waals surface area contributed by atoms with Crippen molar-refractivity contribution in [1.82, 2.24) is 9.97 Å². The smallest absolute Gasteiger partial charge is 0.451 e. The van der Waals surface area contributed by atoms with Gasteiger partial charge in [-0.1, -0.05) is 0 Å². The van der Waals surface area contributed by atoms with E-state index in [1.165, 1.54) is 0 Å². The van der Waals surface area contributed by atoms with Gasteiger partial charge in [0.15, 0.2) is 6.61 Å². The van der Waals surface area contributed by atoms with Crippen LogP contribution in [0, 0.1) is 0 Å². The summed E-state index contributed by atoms with van der Waals surface area (Å²) in [5.74, 6) is -2.33. The third-order valence-electron chi connectivity index (χ3n) is 1.27. The van der Waals surface area contributed by atoms with Gasteiger partial charge in [0.05, 0.1) is 0 Å². The Balaban J connectivity index is 2.76. The largest absolute Gasteiger partial charge is 0.468 e. The molecule has 0 aliphatic rings. The SMILES string of the molecule is FC(F)(F)COc1ccnc(C(F)(F)F)n1. The highest BCUT2D eigenvalue weighted by Gasteiger charge is 2.35. The molecule has 0 saturated heterocycles. The van der Waals surface area contributed by atoms with Crippen LogP contribution in [0.5, 0.6) is 5.88 Å². The van der Waals surface area contributed by atoms with E-state index in [1.807, 2.05) is 0 Å². The molecule has 0 spiro atoms. The molecule has 0 aliphatic heterocycles. The van der Waals surface area contributed by atoms with Crippen LogP contribution in [0.25, 0.3) is 0 Å². The van der Waals surface area contributed by atoms with E-state index in [0.717, 1.165) is 6.07 Å². The molecule has 0 saturated carbocycles. The molecular formula is C7H4F6N2O. The molecule has 0 atom stereocenters. The highest BCUT2D eigenvalue weighted by atomic mass is 19.4. The summed E-state index contributed by atoms with van der Waals surface area (Å²) in [4.78, 5) is 5.65. The van der Waals surface area contributed by atoms with E-state index in [1.54, 1.807) is 0 Å². The first kappa shape index (κ1) is 12.5. The van der Waals surface area contributed by atoms with Gasteiger partial charge in [0.25, 0.3) is 0 Å². The van der Waals surface area contributed by atoms with Crippen LogP contribution in [0.3, 0.4) is 0 Å². The van der Waals surface area contributed by atoms with Crippen LogP contribution in [0.2, 0.25) is 0 Å². The Kier molecular flexibility index (Phi) is 3.24. The lowest BCUT2D eigenvalue weighted by Crippen LogP contribution is -2.20. The molecule has 0 aliphatic carbocycles. The predicted octanol–water partition coefficient (Wildman–Crippen LogP) is 2.44. The molecule has 0 aromatic carbocycles. The molecule has 1 aromatic heterocycles. The molecule has 0 amide bonds. The second-order valence-corrected chi connectivity index (χ2v) is 2.62. The van der Waals surface area contributed by atoms with Crippen molar-refractivity contribution in [2.75, 3.05) is 6.61 Å². The minimum absolute atomic E-state index is 0.668. The third kappa shape index (κ3) is 3.91. The number of ether oxygens (including phenoxy) is 1. The average molecular weight is 246 g/mol. The monoisotopic (exact) mass is 246 g/mol. The van der Waals surface area contributed by atoms with Gasteiger partial charge >= 0.3 is 12.4 Å². The number of alkyl halides is 6. The molecule has 16 heavy (non-hydrogen) atoms. The first-order valence-electron chi connectivity index (χ1n) is 3.78. The zero-order valence-electron chi connectivity index (χ0n) is 7.43. The topological polar surface area (TPSA) is 35.0 Å². The Morgan fingerprint density at radius 1 is 1.12 bits per heavy atom. The number of nitrogens with zero attached hydrogens (tertiary/aromatic N) is 2. The van der Waals surface area contributed by atoms with Gasteiger partial charge in [-0.3, -0.25) is 0 Å². The fourth-order valence-corrected chi connectivity index (χ4v) is 0.715. The summed E-state index contributed by atoms with van der Waals surface area (Å²) < 4.78 is 75.2. The number of aromatic nitrogens is 2. The first-order valence-corrected chi connectivity index (χ1v) is 3.78. The average Bonchev–Trinajstić information content (AvgIpc) is 2.13. The molecule has 0 fully saturated rings. The summed E-state index contributed by atoms with van der Waals surface area (Å²) in [6.45, 7) is -1.71. The van der Waals surface area contributed by atoms with E-state index in [0.29, 0.717) is 6.20 Å². The van der Waals surface area contributed by atoms with Crippen molar-refractivity contribution >= 4 is 0 Å². The first-order chi connectivity index (χ1) is 7.18. The van der Waals surface area contributed by atoms with E-state index in [4.69, 9.17) is 0 Å². The Morgan fingerprint density at radius 3 is 2.25 bits per heavy atom. The molecule has 3 nitrogen and oxygen atoms in total. The zero-order valence-corrected chi connectivity index (χ0v) is 7.43. The van der Waals surface area contributed by atoms with Crippen molar-refractivity contribution in [1.29, 1.82) is 0 Å². The highest BCUT2D eigenvalue weighted by molar-refractivity contribution is 5.09. The summed E-state index contributed by atoms with van der Waals surface area (Å²) in [6, 6.07) is 0.807. The van der Waals surface area contributed by atoms with Crippen molar-refractivity contribution < 1.29 is 31.1 Å². The van der Waals surface area contributed by atoms with Crippen molar-refractivity contribution in [3.63, 3.8) is 0 Å². The third-order valence-corrected chi connectivity index (χ3v) is 1.27. The predicted molar refractivity (Wildman–Crippen MR) is 38.6 cm³/mol. The van der Waals surface area contributed by atoms with Crippen LogP contribution in [0.15, 0.2) is 12.3 Å². The summed E-state index contributed by atoms with van der Waals surface area (Å²) in [7, 11) is 0. The van der Waals surface area contributed by atoms with Gasteiger partial charge in [0.2, 0.25) is 11.7 Å². The van der Waals surface area contributed by atoms with Gasteiger partial charge in [0.1, 0.15) is 0 Å². The quantitative estimate of drug-likeness (QED) is 0.752. The van der Waals surface area contributed by atoms with E-state index >= 15 is 0 Å². The summed E-state index contributed by atoms with van der Waals surface area (Å²) >= 11 is 0. The molecular weight excluding hydrogens is 242 g/mol.